The molecule has 0 saturated heterocycles. The van der Waals surface area contributed by atoms with Gasteiger partial charge in [-0.15, -0.1) is 0 Å². The van der Waals surface area contributed by atoms with Gasteiger partial charge in [0.2, 0.25) is 0 Å². The third kappa shape index (κ3) is 4.48. The van der Waals surface area contributed by atoms with E-state index < -0.39 is 0 Å². The Morgan fingerprint density at radius 3 is 2.50 bits per heavy atom. The molecule has 0 aliphatic heterocycles. The van der Waals surface area contributed by atoms with Crippen LogP contribution >= 0.6 is 0 Å². The quantitative estimate of drug-likeness (QED) is 0.778. The van der Waals surface area contributed by atoms with E-state index in [0.717, 1.165) is 18.7 Å². The first-order valence-corrected chi connectivity index (χ1v) is 5.63. The maximum Gasteiger partial charge on any atom is 0.0540 e. The average Bonchev–Trinajstić information content (AvgIpc) is 2.31. The highest BCUT2D eigenvalue weighted by atomic mass is 16.2. The number of rotatable bonds is 4. The maximum atomic E-state index is 8.61. The van der Waals surface area contributed by atoms with Gasteiger partial charge in [0.25, 0.3) is 0 Å². The van der Waals surface area contributed by atoms with Crippen molar-refractivity contribution in [1.82, 2.24) is 4.90 Å². The second-order valence-corrected chi connectivity index (χ2v) is 3.80. The molecule has 2 heteroatoms. The fraction of sp³-hybridized carbons (Fsp3) is 0.429. The van der Waals surface area contributed by atoms with Gasteiger partial charge in [-0.05, 0) is 31.3 Å². The molecule has 0 unspecified atom stereocenters. The zero-order valence-electron chi connectivity index (χ0n) is 10.0. The molecule has 0 aliphatic rings. The molecular formula is C14H19NO. The van der Waals surface area contributed by atoms with Crippen LogP contribution in [0.15, 0.2) is 24.3 Å². The number of aliphatic hydroxyl groups excluding tert-OH is 1. The van der Waals surface area contributed by atoms with Crippen molar-refractivity contribution in [3.05, 3.63) is 35.4 Å². The summed E-state index contributed by atoms with van der Waals surface area (Å²) in [5.41, 5.74) is 2.31. The first-order valence-electron chi connectivity index (χ1n) is 5.63. The van der Waals surface area contributed by atoms with Gasteiger partial charge in [0.1, 0.15) is 0 Å². The van der Waals surface area contributed by atoms with E-state index >= 15 is 0 Å². The molecule has 0 atom stereocenters. The molecule has 1 aromatic carbocycles. The first-order chi connectivity index (χ1) is 7.76. The Kier molecular flexibility index (Phi) is 5.63. The van der Waals surface area contributed by atoms with Gasteiger partial charge in [-0.25, -0.2) is 0 Å². The van der Waals surface area contributed by atoms with Gasteiger partial charge in [-0.3, -0.25) is 0 Å². The molecule has 1 rings (SSSR count). The Morgan fingerprint density at radius 1 is 1.25 bits per heavy atom. The summed E-state index contributed by atoms with van der Waals surface area (Å²) in [6.07, 6.45) is 0.542. The van der Waals surface area contributed by atoms with Gasteiger partial charge in [-0.1, -0.05) is 30.9 Å². The Balaban J connectivity index is 2.58. The van der Waals surface area contributed by atoms with E-state index in [1.807, 2.05) is 12.1 Å². The number of hydrogen-bond donors (Lipinski definition) is 1. The molecule has 0 heterocycles. The van der Waals surface area contributed by atoms with Gasteiger partial charge in [0.05, 0.1) is 6.61 Å². The Labute approximate surface area is 97.9 Å². The van der Waals surface area contributed by atoms with Crippen molar-refractivity contribution in [3.8, 4) is 11.8 Å². The molecule has 0 spiro atoms. The lowest BCUT2D eigenvalue weighted by Crippen LogP contribution is -2.16. The summed E-state index contributed by atoms with van der Waals surface area (Å²) in [5, 5.41) is 8.61. The lowest BCUT2D eigenvalue weighted by molar-refractivity contribution is 0.305. The minimum atomic E-state index is 0.131. The number of nitrogens with zero attached hydrogens (tertiary/aromatic N) is 1. The van der Waals surface area contributed by atoms with Crippen LogP contribution in [0.5, 0.6) is 0 Å². The fourth-order valence-electron chi connectivity index (χ4n) is 1.34. The van der Waals surface area contributed by atoms with E-state index in [2.05, 4.69) is 42.8 Å². The molecule has 0 fully saturated rings. The van der Waals surface area contributed by atoms with Crippen molar-refractivity contribution in [2.24, 2.45) is 0 Å². The van der Waals surface area contributed by atoms with Crippen LogP contribution < -0.4 is 0 Å². The minimum Gasteiger partial charge on any atom is -0.395 e. The highest BCUT2D eigenvalue weighted by Crippen LogP contribution is 2.05. The molecule has 1 aromatic rings. The molecule has 16 heavy (non-hydrogen) atoms. The second-order valence-electron chi connectivity index (χ2n) is 3.80. The Hall–Kier alpha value is -1.30. The van der Waals surface area contributed by atoms with Crippen LogP contribution in [-0.2, 0) is 6.54 Å². The SMILES string of the molecule is CCN(C)Cc1ccc(C#CCCO)cc1. The monoisotopic (exact) mass is 217 g/mol. The van der Waals surface area contributed by atoms with Crippen molar-refractivity contribution in [3.63, 3.8) is 0 Å². The summed E-state index contributed by atoms with van der Waals surface area (Å²) in [4.78, 5) is 2.26. The summed E-state index contributed by atoms with van der Waals surface area (Å²) in [5.74, 6) is 5.93. The van der Waals surface area contributed by atoms with Gasteiger partial charge in [0, 0.05) is 18.5 Å². The normalized spacial score (nSPS) is 10.0. The highest BCUT2D eigenvalue weighted by Gasteiger charge is 1.96. The van der Waals surface area contributed by atoms with E-state index in [1.165, 1.54) is 5.56 Å². The van der Waals surface area contributed by atoms with Crippen molar-refractivity contribution in [2.75, 3.05) is 20.2 Å². The van der Waals surface area contributed by atoms with E-state index in [-0.39, 0.29) is 6.61 Å². The summed E-state index contributed by atoms with van der Waals surface area (Å²) >= 11 is 0. The molecule has 0 aromatic heterocycles. The van der Waals surface area contributed by atoms with Crippen molar-refractivity contribution in [2.45, 2.75) is 19.9 Å². The molecular weight excluding hydrogens is 198 g/mol. The van der Waals surface area contributed by atoms with E-state index in [4.69, 9.17) is 5.11 Å². The molecule has 1 N–H and O–H groups in total. The summed E-state index contributed by atoms with van der Waals surface area (Å²) < 4.78 is 0. The number of hydrogen-bond acceptors (Lipinski definition) is 2. The van der Waals surface area contributed by atoms with Gasteiger partial charge < -0.3 is 10.0 Å². The first kappa shape index (κ1) is 12.8. The molecule has 0 aliphatic carbocycles. The van der Waals surface area contributed by atoms with Crippen molar-refractivity contribution < 1.29 is 5.11 Å². The summed E-state index contributed by atoms with van der Waals surface area (Å²) in [7, 11) is 2.11. The van der Waals surface area contributed by atoms with E-state index in [9.17, 15) is 0 Å². The maximum absolute atomic E-state index is 8.61. The lowest BCUT2D eigenvalue weighted by atomic mass is 10.1. The number of aliphatic hydroxyl groups is 1. The zero-order valence-corrected chi connectivity index (χ0v) is 10.0. The van der Waals surface area contributed by atoms with Crippen LogP contribution in [0.1, 0.15) is 24.5 Å². The third-order valence-electron chi connectivity index (χ3n) is 2.42. The molecule has 0 bridgehead atoms. The largest absolute Gasteiger partial charge is 0.395 e. The van der Waals surface area contributed by atoms with Gasteiger partial charge in [0.15, 0.2) is 0 Å². The predicted octanol–water partition coefficient (Wildman–Crippen LogP) is 1.87. The van der Waals surface area contributed by atoms with Gasteiger partial charge >= 0.3 is 0 Å². The fourth-order valence-corrected chi connectivity index (χ4v) is 1.34. The summed E-state index contributed by atoms with van der Waals surface area (Å²) in [6, 6.07) is 8.27. The number of benzene rings is 1. The zero-order chi connectivity index (χ0) is 11.8. The average molecular weight is 217 g/mol. The minimum absolute atomic E-state index is 0.131. The third-order valence-corrected chi connectivity index (χ3v) is 2.42. The van der Waals surface area contributed by atoms with E-state index in [1.54, 1.807) is 0 Å². The smallest absolute Gasteiger partial charge is 0.0540 e. The summed E-state index contributed by atoms with van der Waals surface area (Å²) in [6.45, 7) is 4.31. The van der Waals surface area contributed by atoms with Crippen LogP contribution in [0.2, 0.25) is 0 Å². The molecule has 2 nitrogen and oxygen atoms in total. The topological polar surface area (TPSA) is 23.5 Å². The van der Waals surface area contributed by atoms with Gasteiger partial charge in [-0.2, -0.15) is 0 Å². The Morgan fingerprint density at radius 2 is 1.94 bits per heavy atom. The molecule has 0 radical (unpaired) electrons. The van der Waals surface area contributed by atoms with Crippen LogP contribution in [0.4, 0.5) is 0 Å². The van der Waals surface area contributed by atoms with Crippen LogP contribution in [0, 0.1) is 11.8 Å². The van der Waals surface area contributed by atoms with Crippen LogP contribution in [0.25, 0.3) is 0 Å². The Bertz CT molecular complexity index is 359. The van der Waals surface area contributed by atoms with Crippen LogP contribution in [0.3, 0.4) is 0 Å². The van der Waals surface area contributed by atoms with E-state index in [0.29, 0.717) is 6.42 Å². The van der Waals surface area contributed by atoms with Crippen molar-refractivity contribution >= 4 is 0 Å². The standard InChI is InChI=1S/C14H19NO/c1-3-15(2)12-14-9-7-13(8-10-14)6-4-5-11-16/h7-10,16H,3,5,11-12H2,1-2H3. The molecule has 0 saturated carbocycles. The second kappa shape index (κ2) is 7.05. The van der Waals surface area contributed by atoms with Crippen molar-refractivity contribution in [1.29, 1.82) is 0 Å². The lowest BCUT2D eigenvalue weighted by Gasteiger charge is -2.13. The molecule has 0 amide bonds. The molecule has 86 valence electrons. The highest BCUT2D eigenvalue weighted by molar-refractivity contribution is 5.36. The predicted molar refractivity (Wildman–Crippen MR) is 67.0 cm³/mol. The van der Waals surface area contributed by atoms with Crippen LogP contribution in [-0.4, -0.2) is 30.2 Å².